The van der Waals surface area contributed by atoms with Gasteiger partial charge in [0.1, 0.15) is 0 Å². The fourth-order valence-corrected chi connectivity index (χ4v) is 3.06. The van der Waals surface area contributed by atoms with Gasteiger partial charge in [0.05, 0.1) is 0 Å². The van der Waals surface area contributed by atoms with Crippen molar-refractivity contribution in [3.63, 3.8) is 0 Å². The lowest BCUT2D eigenvalue weighted by Gasteiger charge is -2.39. The molecule has 0 saturated heterocycles. The lowest BCUT2D eigenvalue weighted by atomic mass is 10.2. The molecule has 0 radical (unpaired) electrons. The van der Waals surface area contributed by atoms with Crippen molar-refractivity contribution in [3.8, 4) is 0 Å². The summed E-state index contributed by atoms with van der Waals surface area (Å²) < 4.78 is 21.6. The van der Waals surface area contributed by atoms with Gasteiger partial charge in [-0.15, -0.1) is 0 Å². The van der Waals surface area contributed by atoms with E-state index in [0.29, 0.717) is 6.42 Å². The van der Waals surface area contributed by atoms with E-state index in [-0.39, 0.29) is 12.6 Å². The van der Waals surface area contributed by atoms with E-state index in [1.807, 2.05) is 0 Å². The first-order chi connectivity index (χ1) is 6.06. The number of unbranched alkanes of at least 4 members (excludes halogenated alkanes) is 1. The third-order valence-electron chi connectivity index (χ3n) is 1.98. The maximum absolute atomic E-state index is 10.8. The molecule has 2 atom stereocenters. The van der Waals surface area contributed by atoms with Gasteiger partial charge < -0.3 is 40.6 Å². The van der Waals surface area contributed by atoms with Gasteiger partial charge in [-0.1, -0.05) is 13.3 Å². The van der Waals surface area contributed by atoms with Gasteiger partial charge in [0.15, 0.2) is 0 Å². The molecule has 0 heterocycles. The largest absolute Gasteiger partial charge is 0.774 e. The fourth-order valence-electron chi connectivity index (χ4n) is 0.902. The second kappa shape index (κ2) is 5.52. The molecule has 0 amide bonds. The van der Waals surface area contributed by atoms with Crippen LogP contribution in [0.4, 0.5) is 0 Å². The first-order valence-corrected chi connectivity index (χ1v) is 7.15. The highest BCUT2D eigenvalue weighted by molar-refractivity contribution is 7.70. The number of rotatable bonds is 5. The quantitative estimate of drug-likeness (QED) is 0.439. The minimum Gasteiger partial charge on any atom is -0.774 e. The van der Waals surface area contributed by atoms with Crippen LogP contribution >= 0.6 is 15.2 Å². The summed E-state index contributed by atoms with van der Waals surface area (Å²) in [5.74, 6) is 0. The molecule has 9 N–H and O–H groups in total. The van der Waals surface area contributed by atoms with Crippen molar-refractivity contribution in [1.82, 2.24) is 6.15 Å². The lowest BCUT2D eigenvalue weighted by Crippen LogP contribution is -2.73. The van der Waals surface area contributed by atoms with E-state index >= 15 is 0 Å². The Balaban J connectivity index is 0. The molecule has 0 aliphatic carbocycles. The van der Waals surface area contributed by atoms with Crippen LogP contribution in [0.2, 0.25) is 0 Å². The highest BCUT2D eigenvalue weighted by atomic mass is 31.2. The Morgan fingerprint density at radius 2 is 1.60 bits per heavy atom. The van der Waals surface area contributed by atoms with Gasteiger partial charge in [-0.05, 0) is 6.42 Å². The van der Waals surface area contributed by atoms with Crippen molar-refractivity contribution in [2.24, 2.45) is 0 Å². The Morgan fingerprint density at radius 1 is 1.27 bits per heavy atom. The number of hydrogen-bond donors (Lipinski definition) is 4. The molecule has 0 aliphatic heterocycles. The van der Waals surface area contributed by atoms with Crippen molar-refractivity contribution in [1.29, 1.82) is 0 Å². The van der Waals surface area contributed by atoms with Gasteiger partial charge >= 0.3 is 0 Å². The van der Waals surface area contributed by atoms with Crippen LogP contribution in [0.15, 0.2) is 0 Å². The SMILES string of the molecule is CCCCC([NH3+])(P(=O)([O-])O)P(=O)([O-])O.[NH4+]. The molecule has 2 unspecified atom stereocenters. The van der Waals surface area contributed by atoms with Gasteiger partial charge in [0.2, 0.25) is 20.2 Å². The lowest BCUT2D eigenvalue weighted by molar-refractivity contribution is -0.442. The van der Waals surface area contributed by atoms with E-state index in [1.54, 1.807) is 6.92 Å². The summed E-state index contributed by atoms with van der Waals surface area (Å²) in [5.41, 5.74) is 2.90. The second-order valence-electron chi connectivity index (χ2n) is 3.13. The topological polar surface area (TPSA) is 185 Å². The maximum Gasteiger partial charge on any atom is 0.219 e. The molecule has 0 bridgehead atoms. The summed E-state index contributed by atoms with van der Waals surface area (Å²) in [6, 6.07) is 0. The Bertz CT molecular complexity index is 261. The van der Waals surface area contributed by atoms with Crippen LogP contribution in [-0.2, 0) is 9.13 Å². The maximum atomic E-state index is 10.8. The molecule has 10 heteroatoms. The van der Waals surface area contributed by atoms with Crippen LogP contribution < -0.4 is 21.7 Å². The van der Waals surface area contributed by atoms with Gasteiger partial charge in [-0.2, -0.15) is 0 Å². The normalized spacial score (nSPS) is 23.1. The Morgan fingerprint density at radius 3 is 1.80 bits per heavy atom. The van der Waals surface area contributed by atoms with Crippen molar-refractivity contribution < 1.29 is 34.4 Å². The van der Waals surface area contributed by atoms with E-state index in [2.05, 4.69) is 5.73 Å². The molecular weight excluding hydrogens is 246 g/mol. The highest BCUT2D eigenvalue weighted by Crippen LogP contribution is 2.62. The fraction of sp³-hybridized carbons (Fsp3) is 1.00. The van der Waals surface area contributed by atoms with Crippen LogP contribution in [0.3, 0.4) is 0 Å². The molecule has 94 valence electrons. The van der Waals surface area contributed by atoms with Crippen LogP contribution in [-0.4, -0.2) is 14.8 Å². The van der Waals surface area contributed by atoms with Gasteiger partial charge in [-0.3, -0.25) is 0 Å². The predicted molar refractivity (Wildman–Crippen MR) is 50.8 cm³/mol. The molecule has 0 fully saturated rings. The standard InChI is InChI=1S/C5H15NO6P2.H3N/c1-2-3-4-5(6,13(7,8)9)14(10,11)12;/h2-4,6H2,1H3,(H2,7,8,9)(H2,10,11,12);1H3. The van der Waals surface area contributed by atoms with Gasteiger partial charge in [0.25, 0.3) is 0 Å². The zero-order valence-corrected chi connectivity index (χ0v) is 10.5. The molecule has 8 nitrogen and oxygen atoms in total. The summed E-state index contributed by atoms with van der Waals surface area (Å²) in [4.78, 5) is 39.0. The predicted octanol–water partition coefficient (Wildman–Crippen LogP) is -1.46. The summed E-state index contributed by atoms with van der Waals surface area (Å²) in [5, 5.41) is -2.71. The summed E-state index contributed by atoms with van der Waals surface area (Å²) in [7, 11) is -10.5. The van der Waals surface area contributed by atoms with Crippen molar-refractivity contribution in [2.75, 3.05) is 0 Å². The van der Waals surface area contributed by atoms with E-state index < -0.39 is 26.6 Å². The molecular formula is C5H18N2O6P2. The minimum absolute atomic E-state index is 0. The van der Waals surface area contributed by atoms with E-state index in [4.69, 9.17) is 9.79 Å². The molecule has 0 saturated carbocycles. The highest BCUT2D eigenvalue weighted by Gasteiger charge is 2.48. The molecule has 0 rings (SSSR count). The smallest absolute Gasteiger partial charge is 0.219 e. The van der Waals surface area contributed by atoms with Crippen LogP contribution in [0.5, 0.6) is 0 Å². The van der Waals surface area contributed by atoms with E-state index in [0.717, 1.165) is 0 Å². The molecule has 0 aromatic heterocycles. The Kier molecular flexibility index (Phi) is 6.48. The molecule has 15 heavy (non-hydrogen) atoms. The Hall–Kier alpha value is 0.220. The summed E-state index contributed by atoms with van der Waals surface area (Å²) in [6.07, 6.45) is 0.332. The summed E-state index contributed by atoms with van der Waals surface area (Å²) >= 11 is 0. The average molecular weight is 264 g/mol. The van der Waals surface area contributed by atoms with Crippen LogP contribution in [0.1, 0.15) is 26.2 Å². The average Bonchev–Trinajstić information content (AvgIpc) is 1.95. The van der Waals surface area contributed by atoms with Crippen molar-refractivity contribution in [3.05, 3.63) is 0 Å². The number of quaternary nitrogens is 2. The third kappa shape index (κ3) is 3.94. The molecule has 0 aliphatic rings. The Labute approximate surface area is 87.8 Å². The van der Waals surface area contributed by atoms with Gasteiger partial charge in [0, 0.05) is 6.42 Å². The van der Waals surface area contributed by atoms with Gasteiger partial charge in [-0.25, -0.2) is 0 Å². The van der Waals surface area contributed by atoms with Crippen molar-refractivity contribution >= 4 is 15.2 Å². The molecule has 0 spiro atoms. The van der Waals surface area contributed by atoms with Crippen LogP contribution in [0.25, 0.3) is 0 Å². The number of hydrogen-bond acceptors (Lipinski definition) is 4. The zero-order chi connectivity index (χ0) is 11.6. The second-order valence-corrected chi connectivity index (χ2v) is 7.27. The van der Waals surface area contributed by atoms with Crippen LogP contribution in [0, 0.1) is 0 Å². The molecule has 0 aromatic rings. The monoisotopic (exact) mass is 264 g/mol. The first-order valence-electron chi connectivity index (χ1n) is 3.99. The van der Waals surface area contributed by atoms with Crippen molar-refractivity contribution in [2.45, 2.75) is 31.2 Å². The first kappa shape index (κ1) is 17.6. The van der Waals surface area contributed by atoms with E-state index in [1.165, 1.54) is 0 Å². The minimum atomic E-state index is -5.23. The summed E-state index contributed by atoms with van der Waals surface area (Å²) in [6.45, 7) is 1.71. The zero-order valence-electron chi connectivity index (χ0n) is 8.75. The third-order valence-corrected chi connectivity index (χ3v) is 6.05. The molecule has 0 aromatic carbocycles. The van der Waals surface area contributed by atoms with E-state index in [9.17, 15) is 18.9 Å².